The van der Waals surface area contributed by atoms with Crippen LogP contribution >= 0.6 is 11.8 Å². The molecule has 1 aromatic heterocycles. The maximum absolute atomic E-state index is 12.9. The third-order valence-corrected chi connectivity index (χ3v) is 5.98. The van der Waals surface area contributed by atoms with Gasteiger partial charge in [-0.25, -0.2) is 9.89 Å². The molecule has 0 saturated carbocycles. The van der Waals surface area contributed by atoms with E-state index in [1.807, 2.05) is 30.0 Å². The van der Waals surface area contributed by atoms with Crippen molar-refractivity contribution in [1.29, 1.82) is 0 Å². The Bertz CT molecular complexity index is 910. The van der Waals surface area contributed by atoms with Gasteiger partial charge < -0.3 is 14.4 Å². The maximum atomic E-state index is 12.9. The van der Waals surface area contributed by atoms with Crippen molar-refractivity contribution < 1.29 is 14.3 Å². The van der Waals surface area contributed by atoms with Crippen molar-refractivity contribution in [2.75, 3.05) is 25.5 Å². The van der Waals surface area contributed by atoms with Crippen molar-refractivity contribution >= 4 is 17.7 Å². The molecule has 2 aliphatic rings. The van der Waals surface area contributed by atoms with Crippen molar-refractivity contribution in [3.63, 3.8) is 0 Å². The van der Waals surface area contributed by atoms with E-state index >= 15 is 0 Å². The molecular formula is C19H24N4O4S. The van der Waals surface area contributed by atoms with Gasteiger partial charge in [0.05, 0.1) is 11.8 Å². The number of aromatic nitrogens is 3. The molecule has 2 aromatic rings. The molecule has 1 fully saturated rings. The van der Waals surface area contributed by atoms with E-state index in [2.05, 4.69) is 10.2 Å². The second-order valence-corrected chi connectivity index (χ2v) is 7.84. The number of carbonyl (C=O) groups is 1. The van der Waals surface area contributed by atoms with Crippen LogP contribution in [0.1, 0.15) is 37.8 Å². The number of nitrogens with zero attached hydrogens (tertiary/aromatic N) is 3. The second kappa shape index (κ2) is 8.30. The van der Waals surface area contributed by atoms with Gasteiger partial charge >= 0.3 is 5.69 Å². The monoisotopic (exact) mass is 404 g/mol. The summed E-state index contributed by atoms with van der Waals surface area (Å²) in [5.74, 6) is 1.82. The number of aromatic amines is 1. The van der Waals surface area contributed by atoms with Gasteiger partial charge in [-0.1, -0.05) is 24.8 Å². The minimum Gasteiger partial charge on any atom is -0.486 e. The van der Waals surface area contributed by atoms with E-state index in [9.17, 15) is 9.59 Å². The number of benzene rings is 1. The molecule has 4 rings (SSSR count). The fraction of sp³-hybridized carbons (Fsp3) is 0.526. The third-order valence-electron chi connectivity index (χ3n) is 5.02. The molecule has 3 heterocycles. The lowest BCUT2D eigenvalue weighted by Crippen LogP contribution is -2.32. The van der Waals surface area contributed by atoms with E-state index < -0.39 is 0 Å². The highest BCUT2D eigenvalue weighted by Crippen LogP contribution is 2.38. The molecule has 0 bridgehead atoms. The Balaban J connectivity index is 1.45. The fourth-order valence-corrected chi connectivity index (χ4v) is 4.58. The molecular weight excluding hydrogens is 380 g/mol. The second-order valence-electron chi connectivity index (χ2n) is 6.90. The van der Waals surface area contributed by atoms with E-state index in [4.69, 9.17) is 9.47 Å². The predicted molar refractivity (Wildman–Crippen MR) is 105 cm³/mol. The first-order chi connectivity index (χ1) is 13.7. The Morgan fingerprint density at radius 3 is 2.96 bits per heavy atom. The SMILES string of the molecule is CCCn1c(SCC(=O)N2CCCC2c2ccc3c(c2)OCCO3)n[nH]c1=O. The van der Waals surface area contributed by atoms with Gasteiger partial charge in [0.1, 0.15) is 13.2 Å². The Morgan fingerprint density at radius 2 is 2.14 bits per heavy atom. The summed E-state index contributed by atoms with van der Waals surface area (Å²) in [6, 6.07) is 5.97. The van der Waals surface area contributed by atoms with Crippen LogP contribution < -0.4 is 15.2 Å². The number of ether oxygens (including phenoxy) is 2. The summed E-state index contributed by atoms with van der Waals surface area (Å²) in [6.07, 6.45) is 2.73. The van der Waals surface area contributed by atoms with Crippen LogP contribution in [0.2, 0.25) is 0 Å². The fourth-order valence-electron chi connectivity index (χ4n) is 3.72. The molecule has 0 spiro atoms. The van der Waals surface area contributed by atoms with Gasteiger partial charge in [0.25, 0.3) is 0 Å². The number of thioether (sulfide) groups is 1. The molecule has 150 valence electrons. The average Bonchev–Trinajstić information content (AvgIpc) is 3.34. The van der Waals surface area contributed by atoms with Gasteiger partial charge in [-0.15, -0.1) is 5.10 Å². The van der Waals surface area contributed by atoms with Gasteiger partial charge in [-0.3, -0.25) is 9.36 Å². The maximum Gasteiger partial charge on any atom is 0.343 e. The summed E-state index contributed by atoms with van der Waals surface area (Å²) in [4.78, 5) is 26.6. The van der Waals surface area contributed by atoms with E-state index in [0.717, 1.165) is 42.9 Å². The Labute approximate surface area is 167 Å². The number of H-pyrrole nitrogens is 1. The summed E-state index contributed by atoms with van der Waals surface area (Å²) < 4.78 is 12.9. The summed E-state index contributed by atoms with van der Waals surface area (Å²) >= 11 is 1.31. The lowest BCUT2D eigenvalue weighted by molar-refractivity contribution is -0.129. The highest BCUT2D eigenvalue weighted by atomic mass is 32.2. The molecule has 1 aromatic carbocycles. The number of carbonyl (C=O) groups excluding carboxylic acids is 1. The summed E-state index contributed by atoms with van der Waals surface area (Å²) in [5, 5.41) is 7.08. The number of hydrogen-bond acceptors (Lipinski definition) is 6. The zero-order valence-electron chi connectivity index (χ0n) is 15.8. The van der Waals surface area contributed by atoms with Crippen LogP contribution in [0.5, 0.6) is 11.5 Å². The smallest absolute Gasteiger partial charge is 0.343 e. The summed E-state index contributed by atoms with van der Waals surface area (Å²) in [5.41, 5.74) is 0.842. The van der Waals surface area contributed by atoms with Gasteiger partial charge in [-0.05, 0) is 37.0 Å². The van der Waals surface area contributed by atoms with Crippen LogP contribution in [0.4, 0.5) is 0 Å². The Hall–Kier alpha value is -2.42. The predicted octanol–water partition coefficient (Wildman–Crippen LogP) is 2.21. The van der Waals surface area contributed by atoms with Gasteiger partial charge in [-0.2, -0.15) is 0 Å². The first-order valence-corrected chi connectivity index (χ1v) is 10.6. The van der Waals surface area contributed by atoms with Gasteiger partial charge in [0, 0.05) is 13.1 Å². The zero-order valence-corrected chi connectivity index (χ0v) is 16.7. The van der Waals surface area contributed by atoms with Crippen molar-refractivity contribution in [2.45, 2.75) is 43.9 Å². The molecule has 1 unspecified atom stereocenters. The van der Waals surface area contributed by atoms with Crippen LogP contribution in [0.25, 0.3) is 0 Å². The lowest BCUT2D eigenvalue weighted by Gasteiger charge is -2.26. The molecule has 0 aliphatic carbocycles. The standard InChI is InChI=1S/C19H24N4O4S/c1-2-7-23-18(25)20-21-19(23)28-12-17(24)22-8-3-4-14(22)13-5-6-15-16(11-13)27-10-9-26-15/h5-6,11,14H,2-4,7-10,12H2,1H3,(H,20,25). The van der Waals surface area contributed by atoms with Crippen LogP contribution in [-0.4, -0.2) is 51.1 Å². The molecule has 1 atom stereocenters. The number of fused-ring (bicyclic) bond motifs is 1. The number of amides is 1. The number of hydrogen-bond donors (Lipinski definition) is 1. The highest BCUT2D eigenvalue weighted by Gasteiger charge is 2.31. The summed E-state index contributed by atoms with van der Waals surface area (Å²) in [6.45, 7) is 4.44. The molecule has 9 heteroatoms. The third kappa shape index (κ3) is 3.76. The topological polar surface area (TPSA) is 89.4 Å². The van der Waals surface area contributed by atoms with Crippen LogP contribution in [0, 0.1) is 0 Å². The van der Waals surface area contributed by atoms with Gasteiger partial charge in [0.15, 0.2) is 16.7 Å². The molecule has 28 heavy (non-hydrogen) atoms. The molecule has 1 N–H and O–H groups in total. The number of nitrogens with one attached hydrogen (secondary N) is 1. The van der Waals surface area contributed by atoms with Crippen LogP contribution in [-0.2, 0) is 11.3 Å². The number of likely N-dealkylation sites (tertiary alicyclic amines) is 1. The molecule has 8 nitrogen and oxygen atoms in total. The highest BCUT2D eigenvalue weighted by molar-refractivity contribution is 7.99. The lowest BCUT2D eigenvalue weighted by atomic mass is 10.0. The van der Waals surface area contributed by atoms with E-state index in [1.54, 1.807) is 4.57 Å². The number of rotatable bonds is 6. The molecule has 2 aliphatic heterocycles. The first-order valence-electron chi connectivity index (χ1n) is 9.64. The molecule has 1 amide bonds. The molecule has 1 saturated heterocycles. The van der Waals surface area contributed by atoms with Crippen LogP contribution in [0.3, 0.4) is 0 Å². The quantitative estimate of drug-likeness (QED) is 0.743. The van der Waals surface area contributed by atoms with Crippen molar-refractivity contribution in [2.24, 2.45) is 0 Å². The minimum absolute atomic E-state index is 0.0425. The van der Waals surface area contributed by atoms with Gasteiger partial charge in [0.2, 0.25) is 5.91 Å². The van der Waals surface area contributed by atoms with Crippen molar-refractivity contribution in [3.05, 3.63) is 34.2 Å². The Kier molecular flexibility index (Phi) is 5.61. The van der Waals surface area contributed by atoms with E-state index in [-0.39, 0.29) is 23.4 Å². The molecule has 0 radical (unpaired) electrons. The van der Waals surface area contributed by atoms with Crippen molar-refractivity contribution in [3.8, 4) is 11.5 Å². The Morgan fingerprint density at radius 1 is 1.32 bits per heavy atom. The van der Waals surface area contributed by atoms with Crippen molar-refractivity contribution in [1.82, 2.24) is 19.7 Å². The van der Waals surface area contributed by atoms with E-state index in [1.165, 1.54) is 11.8 Å². The average molecular weight is 404 g/mol. The largest absolute Gasteiger partial charge is 0.486 e. The first kappa shape index (κ1) is 18.9. The van der Waals surface area contributed by atoms with E-state index in [0.29, 0.717) is 24.9 Å². The zero-order chi connectivity index (χ0) is 19.5. The normalized spacial score (nSPS) is 18.5. The summed E-state index contributed by atoms with van der Waals surface area (Å²) in [7, 11) is 0. The minimum atomic E-state index is -0.230. The van der Waals surface area contributed by atoms with Crippen LogP contribution in [0.15, 0.2) is 28.2 Å².